The van der Waals surface area contributed by atoms with E-state index in [4.69, 9.17) is 21.1 Å². The average molecular weight is 397 g/mol. The van der Waals surface area contributed by atoms with Gasteiger partial charge in [-0.15, -0.1) is 0 Å². The van der Waals surface area contributed by atoms with Crippen molar-refractivity contribution in [2.45, 2.75) is 78.1 Å². The average Bonchev–Trinajstić information content (AvgIpc) is 2.62. The van der Waals surface area contributed by atoms with Crippen molar-refractivity contribution in [3.8, 4) is 5.75 Å². The van der Waals surface area contributed by atoms with E-state index in [0.29, 0.717) is 36.1 Å². The van der Waals surface area contributed by atoms with E-state index in [1.54, 1.807) is 24.3 Å². The zero-order chi connectivity index (χ0) is 19.9. The van der Waals surface area contributed by atoms with E-state index < -0.39 is 0 Å². The van der Waals surface area contributed by atoms with Gasteiger partial charge in [0.05, 0.1) is 11.6 Å². The fourth-order valence-corrected chi connectivity index (χ4v) is 2.87. The molecular weight excluding hydrogens is 364 g/mol. The van der Waals surface area contributed by atoms with Crippen LogP contribution >= 0.6 is 11.6 Å². The summed E-state index contributed by atoms with van der Waals surface area (Å²) in [4.78, 5) is 23.4. The molecule has 1 aromatic rings. The Hall–Kier alpha value is -1.55. The van der Waals surface area contributed by atoms with Gasteiger partial charge in [-0.25, -0.2) is 0 Å². The Balaban J connectivity index is 1.93. The van der Waals surface area contributed by atoms with Gasteiger partial charge in [-0.2, -0.15) is 0 Å². The van der Waals surface area contributed by atoms with Gasteiger partial charge >= 0.3 is 11.9 Å². The molecule has 152 valence electrons. The van der Waals surface area contributed by atoms with Crippen molar-refractivity contribution in [1.29, 1.82) is 0 Å². The standard InChI is InChI=1S/C22H33ClO4/c1-18(2)12-11-17-26-21(24)15-7-5-3-4-6-8-16-22(25)27-20-14-10-9-13-19(20)23/h9-10,13-14,18H,3-8,11-12,15-17H2,1-2H3. The minimum atomic E-state index is -0.247. The van der Waals surface area contributed by atoms with Gasteiger partial charge < -0.3 is 9.47 Å². The molecule has 0 N–H and O–H groups in total. The van der Waals surface area contributed by atoms with Crippen LogP contribution in [-0.4, -0.2) is 18.5 Å². The van der Waals surface area contributed by atoms with Gasteiger partial charge in [0.1, 0.15) is 5.75 Å². The smallest absolute Gasteiger partial charge is 0.311 e. The van der Waals surface area contributed by atoms with Crippen LogP contribution in [0.5, 0.6) is 5.75 Å². The van der Waals surface area contributed by atoms with E-state index in [1.807, 2.05) is 0 Å². The Labute approximate surface area is 168 Å². The largest absolute Gasteiger partial charge is 0.466 e. The molecule has 0 saturated carbocycles. The highest BCUT2D eigenvalue weighted by Crippen LogP contribution is 2.23. The van der Waals surface area contributed by atoms with E-state index in [2.05, 4.69) is 13.8 Å². The summed E-state index contributed by atoms with van der Waals surface area (Å²) in [6.07, 6.45) is 8.76. The van der Waals surface area contributed by atoms with Gasteiger partial charge in [-0.3, -0.25) is 9.59 Å². The number of para-hydroxylation sites is 1. The van der Waals surface area contributed by atoms with Crippen LogP contribution in [0.4, 0.5) is 0 Å². The highest BCUT2D eigenvalue weighted by Gasteiger charge is 2.07. The second-order valence-corrected chi connectivity index (χ2v) is 7.69. The molecule has 0 bridgehead atoms. The Bertz CT molecular complexity index is 557. The molecule has 0 atom stereocenters. The molecule has 0 aliphatic carbocycles. The van der Waals surface area contributed by atoms with Crippen molar-refractivity contribution < 1.29 is 19.1 Å². The van der Waals surface area contributed by atoms with Gasteiger partial charge in [0.25, 0.3) is 0 Å². The topological polar surface area (TPSA) is 52.6 Å². The summed E-state index contributed by atoms with van der Waals surface area (Å²) in [5.74, 6) is 0.742. The molecule has 0 aliphatic rings. The van der Waals surface area contributed by atoms with Crippen LogP contribution in [-0.2, 0) is 14.3 Å². The third-order valence-corrected chi connectivity index (χ3v) is 4.57. The fourth-order valence-electron chi connectivity index (χ4n) is 2.70. The maximum Gasteiger partial charge on any atom is 0.311 e. The summed E-state index contributed by atoms with van der Waals surface area (Å²) >= 11 is 5.96. The molecule has 0 aliphatic heterocycles. The number of carbonyl (C=O) groups is 2. The predicted octanol–water partition coefficient (Wildman–Crippen LogP) is 6.35. The first kappa shape index (κ1) is 23.5. The number of benzene rings is 1. The van der Waals surface area contributed by atoms with Crippen molar-refractivity contribution in [3.05, 3.63) is 29.3 Å². The number of unbranched alkanes of at least 4 members (excludes halogenated alkanes) is 5. The minimum Gasteiger partial charge on any atom is -0.466 e. The fraction of sp³-hybridized carbons (Fsp3) is 0.636. The number of carbonyl (C=O) groups excluding carboxylic acids is 2. The van der Waals surface area contributed by atoms with Crippen molar-refractivity contribution >= 4 is 23.5 Å². The van der Waals surface area contributed by atoms with E-state index in [1.165, 1.54) is 0 Å². The first-order valence-electron chi connectivity index (χ1n) is 10.1. The molecule has 0 fully saturated rings. The molecule has 0 saturated heterocycles. The summed E-state index contributed by atoms with van der Waals surface area (Å²) in [7, 11) is 0. The van der Waals surface area contributed by atoms with Crippen molar-refractivity contribution in [1.82, 2.24) is 0 Å². The number of hydrogen-bond acceptors (Lipinski definition) is 4. The molecule has 0 unspecified atom stereocenters. The third-order valence-electron chi connectivity index (χ3n) is 4.26. The molecule has 1 aromatic carbocycles. The van der Waals surface area contributed by atoms with Gasteiger partial charge in [-0.05, 0) is 43.7 Å². The lowest BCUT2D eigenvalue weighted by Gasteiger charge is -2.07. The molecule has 0 amide bonds. The first-order valence-corrected chi connectivity index (χ1v) is 10.5. The van der Waals surface area contributed by atoms with E-state index in [9.17, 15) is 9.59 Å². The van der Waals surface area contributed by atoms with Crippen LogP contribution in [0.15, 0.2) is 24.3 Å². The first-order chi connectivity index (χ1) is 13.0. The summed E-state index contributed by atoms with van der Waals surface area (Å²) in [6.45, 7) is 4.88. The highest BCUT2D eigenvalue weighted by atomic mass is 35.5. The Morgan fingerprint density at radius 3 is 2.11 bits per heavy atom. The Morgan fingerprint density at radius 1 is 0.889 bits per heavy atom. The highest BCUT2D eigenvalue weighted by molar-refractivity contribution is 6.32. The Morgan fingerprint density at radius 2 is 1.48 bits per heavy atom. The zero-order valence-electron chi connectivity index (χ0n) is 16.7. The van der Waals surface area contributed by atoms with Crippen LogP contribution in [0.3, 0.4) is 0 Å². The van der Waals surface area contributed by atoms with Crippen LogP contribution in [0.25, 0.3) is 0 Å². The third kappa shape index (κ3) is 12.5. The summed E-state index contributed by atoms with van der Waals surface area (Å²) in [5.41, 5.74) is 0. The maximum absolute atomic E-state index is 11.8. The summed E-state index contributed by atoms with van der Waals surface area (Å²) in [6, 6.07) is 6.98. The lowest BCUT2D eigenvalue weighted by Crippen LogP contribution is -2.07. The molecule has 0 spiro atoms. The monoisotopic (exact) mass is 396 g/mol. The van der Waals surface area contributed by atoms with Crippen LogP contribution < -0.4 is 4.74 Å². The van der Waals surface area contributed by atoms with Gasteiger partial charge in [0.2, 0.25) is 0 Å². The quantitative estimate of drug-likeness (QED) is 0.209. The van der Waals surface area contributed by atoms with Gasteiger partial charge in [0, 0.05) is 12.8 Å². The SMILES string of the molecule is CC(C)CCCOC(=O)CCCCCCCCC(=O)Oc1ccccc1Cl. The minimum absolute atomic E-state index is 0.0823. The number of hydrogen-bond donors (Lipinski definition) is 0. The van der Waals surface area contributed by atoms with Crippen LogP contribution in [0.1, 0.15) is 78.1 Å². The predicted molar refractivity (Wildman–Crippen MR) is 109 cm³/mol. The lowest BCUT2D eigenvalue weighted by molar-refractivity contribution is -0.144. The van der Waals surface area contributed by atoms with Crippen molar-refractivity contribution in [2.24, 2.45) is 5.92 Å². The molecule has 0 radical (unpaired) electrons. The van der Waals surface area contributed by atoms with Crippen molar-refractivity contribution in [3.63, 3.8) is 0 Å². The molecule has 27 heavy (non-hydrogen) atoms. The van der Waals surface area contributed by atoms with E-state index >= 15 is 0 Å². The van der Waals surface area contributed by atoms with Gasteiger partial charge in [0.15, 0.2) is 0 Å². The summed E-state index contributed by atoms with van der Waals surface area (Å²) in [5, 5.41) is 0.448. The molecule has 5 heteroatoms. The van der Waals surface area contributed by atoms with Crippen LogP contribution in [0.2, 0.25) is 5.02 Å². The normalized spacial score (nSPS) is 10.8. The van der Waals surface area contributed by atoms with E-state index in [-0.39, 0.29) is 11.9 Å². The molecule has 4 nitrogen and oxygen atoms in total. The second kappa shape index (κ2) is 14.5. The number of rotatable bonds is 14. The number of halogens is 1. The summed E-state index contributed by atoms with van der Waals surface area (Å²) < 4.78 is 10.5. The Kier molecular flexibility index (Phi) is 12.6. The zero-order valence-corrected chi connectivity index (χ0v) is 17.4. The molecular formula is C22H33ClO4. The second-order valence-electron chi connectivity index (χ2n) is 7.28. The van der Waals surface area contributed by atoms with Crippen molar-refractivity contribution in [2.75, 3.05) is 6.61 Å². The lowest BCUT2D eigenvalue weighted by atomic mass is 10.1. The number of esters is 2. The van der Waals surface area contributed by atoms with E-state index in [0.717, 1.165) is 51.4 Å². The molecule has 0 aromatic heterocycles. The molecule has 1 rings (SSSR count). The number of ether oxygens (including phenoxy) is 2. The maximum atomic E-state index is 11.8. The molecule has 0 heterocycles. The van der Waals surface area contributed by atoms with Crippen LogP contribution in [0, 0.1) is 5.92 Å². The van der Waals surface area contributed by atoms with Gasteiger partial charge in [-0.1, -0.05) is 63.3 Å².